The maximum atomic E-state index is 12.5. The van der Waals surface area contributed by atoms with Crippen LogP contribution in [0.1, 0.15) is 16.8 Å². The lowest BCUT2D eigenvalue weighted by Crippen LogP contribution is -2.04. The van der Waals surface area contributed by atoms with E-state index in [4.69, 9.17) is 0 Å². The van der Waals surface area contributed by atoms with Gasteiger partial charge in [0.1, 0.15) is 0 Å². The topological polar surface area (TPSA) is 4.93 Å². The van der Waals surface area contributed by atoms with Crippen LogP contribution in [0.4, 0.5) is 13.2 Å². The van der Waals surface area contributed by atoms with Gasteiger partial charge in [-0.2, -0.15) is 13.2 Å². The van der Waals surface area contributed by atoms with E-state index < -0.39 is 11.7 Å². The summed E-state index contributed by atoms with van der Waals surface area (Å²) in [6.45, 7) is 3.75. The van der Waals surface area contributed by atoms with Crippen LogP contribution >= 0.6 is 0 Å². The molecule has 2 rings (SSSR count). The zero-order valence-electron chi connectivity index (χ0n) is 9.31. The minimum Gasteiger partial charge on any atom is -0.348 e. The van der Waals surface area contributed by atoms with Crippen molar-refractivity contribution in [1.29, 1.82) is 0 Å². The molecule has 0 radical (unpaired) electrons. The zero-order chi connectivity index (χ0) is 12.1. The molecule has 0 aliphatic rings. The molecule has 0 fully saturated rings. The highest BCUT2D eigenvalue weighted by Crippen LogP contribution is 2.33. The highest BCUT2D eigenvalue weighted by molar-refractivity contribution is 5.86. The van der Waals surface area contributed by atoms with Crippen molar-refractivity contribution in [2.24, 2.45) is 7.05 Å². The molecule has 1 aromatic heterocycles. The van der Waals surface area contributed by atoms with Gasteiger partial charge in [-0.25, -0.2) is 0 Å². The maximum Gasteiger partial charge on any atom is 0.416 e. The Labute approximate surface area is 91.5 Å². The second kappa shape index (κ2) is 3.27. The Morgan fingerprint density at radius 1 is 1.12 bits per heavy atom. The number of alkyl halides is 3. The fraction of sp³-hybridized carbons (Fsp3) is 0.333. The third-order valence-electron chi connectivity index (χ3n) is 3.14. The van der Waals surface area contributed by atoms with E-state index >= 15 is 0 Å². The Kier molecular flexibility index (Phi) is 2.26. The number of hydrogen-bond donors (Lipinski definition) is 0. The molecule has 0 N–H and O–H groups in total. The molecule has 0 aliphatic carbocycles. The summed E-state index contributed by atoms with van der Waals surface area (Å²) < 4.78 is 39.6. The standard InChI is InChI=1S/C12H12F3N/c1-7-8(2)16(3)11-5-4-9(6-10(7)11)12(13,14)15/h4-6H,1-3H3. The average molecular weight is 227 g/mol. The van der Waals surface area contributed by atoms with Crippen LogP contribution in [0.3, 0.4) is 0 Å². The summed E-state index contributed by atoms with van der Waals surface area (Å²) in [5.41, 5.74) is 2.15. The smallest absolute Gasteiger partial charge is 0.348 e. The SMILES string of the molecule is Cc1c(C)n(C)c2ccc(C(F)(F)F)cc12. The highest BCUT2D eigenvalue weighted by atomic mass is 19.4. The summed E-state index contributed by atoms with van der Waals surface area (Å²) in [6, 6.07) is 3.87. The number of aryl methyl sites for hydroxylation is 2. The van der Waals surface area contributed by atoms with Crippen LogP contribution in [0.5, 0.6) is 0 Å². The molecule has 1 heterocycles. The molecule has 1 aromatic carbocycles. The van der Waals surface area contributed by atoms with Gasteiger partial charge in [0.15, 0.2) is 0 Å². The van der Waals surface area contributed by atoms with Crippen molar-refractivity contribution in [1.82, 2.24) is 4.57 Å². The van der Waals surface area contributed by atoms with Crippen LogP contribution in [-0.4, -0.2) is 4.57 Å². The number of nitrogens with zero attached hydrogens (tertiary/aromatic N) is 1. The Hall–Kier alpha value is -1.45. The molecule has 86 valence electrons. The van der Waals surface area contributed by atoms with Gasteiger partial charge in [0.25, 0.3) is 0 Å². The van der Waals surface area contributed by atoms with Crippen molar-refractivity contribution >= 4 is 10.9 Å². The van der Waals surface area contributed by atoms with Gasteiger partial charge in [-0.3, -0.25) is 0 Å². The molecule has 0 amide bonds. The number of halogens is 3. The van der Waals surface area contributed by atoms with Gasteiger partial charge in [0, 0.05) is 23.6 Å². The van der Waals surface area contributed by atoms with E-state index in [1.807, 2.05) is 25.5 Å². The van der Waals surface area contributed by atoms with Gasteiger partial charge < -0.3 is 4.57 Å². The Morgan fingerprint density at radius 2 is 1.75 bits per heavy atom. The van der Waals surface area contributed by atoms with Crippen LogP contribution in [0, 0.1) is 13.8 Å². The molecular weight excluding hydrogens is 215 g/mol. The predicted octanol–water partition coefficient (Wildman–Crippen LogP) is 3.81. The quantitative estimate of drug-likeness (QED) is 0.644. The fourth-order valence-corrected chi connectivity index (χ4v) is 1.93. The number of rotatable bonds is 0. The van der Waals surface area contributed by atoms with E-state index in [0.717, 1.165) is 22.8 Å². The molecule has 0 unspecified atom stereocenters. The number of aromatic nitrogens is 1. The summed E-state index contributed by atoms with van der Waals surface area (Å²) in [7, 11) is 1.86. The molecule has 0 saturated carbocycles. The van der Waals surface area contributed by atoms with Gasteiger partial charge in [0.2, 0.25) is 0 Å². The number of fused-ring (bicyclic) bond motifs is 1. The Bertz CT molecular complexity index is 549. The first-order valence-corrected chi connectivity index (χ1v) is 4.95. The molecule has 0 spiro atoms. The average Bonchev–Trinajstić information content (AvgIpc) is 2.43. The van der Waals surface area contributed by atoms with Crippen molar-refractivity contribution in [2.45, 2.75) is 20.0 Å². The third-order valence-corrected chi connectivity index (χ3v) is 3.14. The van der Waals surface area contributed by atoms with E-state index in [9.17, 15) is 13.2 Å². The lowest BCUT2D eigenvalue weighted by atomic mass is 10.1. The summed E-state index contributed by atoms with van der Waals surface area (Å²) in [6.07, 6.45) is -4.27. The second-order valence-electron chi connectivity index (χ2n) is 4.00. The van der Waals surface area contributed by atoms with E-state index in [0.29, 0.717) is 5.39 Å². The summed E-state index contributed by atoms with van der Waals surface area (Å²) in [4.78, 5) is 0. The minimum absolute atomic E-state index is 0.589. The van der Waals surface area contributed by atoms with E-state index in [-0.39, 0.29) is 0 Å². The van der Waals surface area contributed by atoms with E-state index in [1.165, 1.54) is 12.1 Å². The highest BCUT2D eigenvalue weighted by Gasteiger charge is 2.30. The van der Waals surface area contributed by atoms with Crippen LogP contribution in [0.25, 0.3) is 10.9 Å². The van der Waals surface area contributed by atoms with Crippen LogP contribution in [0.2, 0.25) is 0 Å². The summed E-state index contributed by atoms with van der Waals surface area (Å²) in [5, 5.41) is 0.676. The van der Waals surface area contributed by atoms with Gasteiger partial charge in [-0.05, 0) is 37.6 Å². The number of benzene rings is 1. The molecule has 2 aromatic rings. The molecule has 4 heteroatoms. The Morgan fingerprint density at radius 3 is 2.31 bits per heavy atom. The van der Waals surface area contributed by atoms with Gasteiger partial charge in [-0.15, -0.1) is 0 Å². The minimum atomic E-state index is -4.27. The fourth-order valence-electron chi connectivity index (χ4n) is 1.93. The van der Waals surface area contributed by atoms with E-state index in [2.05, 4.69) is 0 Å². The molecule has 0 atom stereocenters. The molecule has 0 aliphatic heterocycles. The molecule has 1 nitrogen and oxygen atoms in total. The normalized spacial score (nSPS) is 12.4. The summed E-state index contributed by atoms with van der Waals surface area (Å²) >= 11 is 0. The predicted molar refractivity (Wildman–Crippen MR) is 57.4 cm³/mol. The third kappa shape index (κ3) is 1.49. The first-order valence-electron chi connectivity index (χ1n) is 4.95. The largest absolute Gasteiger partial charge is 0.416 e. The lowest BCUT2D eigenvalue weighted by Gasteiger charge is -2.06. The Balaban J connectivity index is 2.77. The van der Waals surface area contributed by atoms with E-state index in [1.54, 1.807) is 0 Å². The molecule has 0 saturated heterocycles. The first-order chi connectivity index (χ1) is 7.32. The van der Waals surface area contributed by atoms with Gasteiger partial charge in [-0.1, -0.05) is 0 Å². The first kappa shape index (κ1) is 11.0. The van der Waals surface area contributed by atoms with Crippen molar-refractivity contribution in [2.75, 3.05) is 0 Å². The monoisotopic (exact) mass is 227 g/mol. The van der Waals surface area contributed by atoms with Gasteiger partial charge >= 0.3 is 6.18 Å². The maximum absolute atomic E-state index is 12.5. The van der Waals surface area contributed by atoms with Gasteiger partial charge in [0.05, 0.1) is 5.56 Å². The zero-order valence-corrected chi connectivity index (χ0v) is 9.31. The summed E-state index contributed by atoms with van der Waals surface area (Å²) in [5.74, 6) is 0. The van der Waals surface area contributed by atoms with Crippen LogP contribution in [-0.2, 0) is 13.2 Å². The second-order valence-corrected chi connectivity index (χ2v) is 4.00. The van der Waals surface area contributed by atoms with Crippen LogP contribution in [0.15, 0.2) is 18.2 Å². The van der Waals surface area contributed by atoms with Crippen molar-refractivity contribution in [3.8, 4) is 0 Å². The van der Waals surface area contributed by atoms with Crippen molar-refractivity contribution in [3.63, 3.8) is 0 Å². The van der Waals surface area contributed by atoms with Crippen molar-refractivity contribution < 1.29 is 13.2 Å². The number of hydrogen-bond acceptors (Lipinski definition) is 0. The lowest BCUT2D eigenvalue weighted by molar-refractivity contribution is -0.137. The molecular formula is C12H12F3N. The molecule has 16 heavy (non-hydrogen) atoms. The molecule has 0 bridgehead atoms. The van der Waals surface area contributed by atoms with Crippen molar-refractivity contribution in [3.05, 3.63) is 35.0 Å². The van der Waals surface area contributed by atoms with Crippen LogP contribution < -0.4 is 0 Å².